The Kier molecular flexibility index (Phi) is 7.08. The number of hydrogen-bond donors (Lipinski definition) is 0. The number of likely N-dealkylation sites (tertiary alicyclic amines) is 1. The molecule has 0 unspecified atom stereocenters. The third-order valence-electron chi connectivity index (χ3n) is 4.55. The molecule has 3 heteroatoms. The van der Waals surface area contributed by atoms with E-state index >= 15 is 0 Å². The van der Waals surface area contributed by atoms with Crippen LogP contribution in [0.15, 0.2) is 65.3 Å². The van der Waals surface area contributed by atoms with Crippen molar-refractivity contribution in [1.29, 1.82) is 0 Å². The number of allylic oxidation sites excluding steroid dienone is 3. The van der Waals surface area contributed by atoms with Crippen LogP contribution in [-0.2, 0) is 0 Å². The molecule has 0 spiro atoms. The van der Waals surface area contributed by atoms with Crippen molar-refractivity contribution in [2.75, 3.05) is 20.1 Å². The molecule has 1 aromatic rings. The Morgan fingerprint density at radius 2 is 1.96 bits per heavy atom. The number of benzene rings is 1. The van der Waals surface area contributed by atoms with Gasteiger partial charge in [0.05, 0.1) is 0 Å². The van der Waals surface area contributed by atoms with Crippen LogP contribution in [0.25, 0.3) is 0 Å². The van der Waals surface area contributed by atoms with Gasteiger partial charge in [-0.25, -0.2) is 0 Å². The Balaban J connectivity index is 2.18. The first kappa shape index (κ1) is 19.1. The molecule has 1 aromatic carbocycles. The number of nitrogens with zero attached hydrogens (tertiary/aromatic N) is 2. The summed E-state index contributed by atoms with van der Waals surface area (Å²) in [6, 6.07) is 7.60. The average molecular weight is 336 g/mol. The van der Waals surface area contributed by atoms with Crippen LogP contribution >= 0.6 is 0 Å². The van der Waals surface area contributed by atoms with E-state index < -0.39 is 0 Å². The Bertz CT molecular complexity index is 725. The molecular weight excluding hydrogens is 308 g/mol. The van der Waals surface area contributed by atoms with Gasteiger partial charge in [0.15, 0.2) is 5.78 Å². The van der Waals surface area contributed by atoms with Gasteiger partial charge in [-0.15, -0.1) is 0 Å². The maximum Gasteiger partial charge on any atom is 0.159 e. The van der Waals surface area contributed by atoms with E-state index in [0.29, 0.717) is 5.56 Å². The molecule has 1 aliphatic rings. The van der Waals surface area contributed by atoms with E-state index in [1.165, 1.54) is 12.0 Å². The first-order valence-corrected chi connectivity index (χ1v) is 8.86. The maximum atomic E-state index is 11.5. The van der Waals surface area contributed by atoms with Gasteiger partial charge < -0.3 is 4.90 Å². The van der Waals surface area contributed by atoms with Crippen LogP contribution in [0.4, 0.5) is 0 Å². The zero-order valence-corrected chi connectivity index (χ0v) is 15.6. The second kappa shape index (κ2) is 9.28. The fraction of sp³-hybridized carbons (Fsp3) is 0.364. The highest BCUT2D eigenvalue weighted by Crippen LogP contribution is 2.18. The van der Waals surface area contributed by atoms with E-state index in [9.17, 15) is 4.79 Å². The molecule has 0 bridgehead atoms. The quantitative estimate of drug-likeness (QED) is 0.439. The molecule has 0 aliphatic carbocycles. The highest BCUT2D eigenvalue weighted by molar-refractivity contribution is 6.02. The van der Waals surface area contributed by atoms with Gasteiger partial charge in [-0.05, 0) is 63.9 Å². The number of carbonyl (C=O) groups is 1. The summed E-state index contributed by atoms with van der Waals surface area (Å²) >= 11 is 0. The summed E-state index contributed by atoms with van der Waals surface area (Å²) < 4.78 is 0. The van der Waals surface area contributed by atoms with Gasteiger partial charge in [0.1, 0.15) is 0 Å². The summed E-state index contributed by atoms with van der Waals surface area (Å²) in [6.07, 6.45) is 9.38. The number of carbonyl (C=O) groups excluding carboxylic acids is 1. The monoisotopic (exact) mass is 336 g/mol. The lowest BCUT2D eigenvalue weighted by molar-refractivity contribution is 0.101. The smallest absolute Gasteiger partial charge is 0.159 e. The molecule has 1 fully saturated rings. The van der Waals surface area contributed by atoms with Gasteiger partial charge in [-0.3, -0.25) is 9.79 Å². The summed E-state index contributed by atoms with van der Waals surface area (Å²) in [5.74, 6) is 0.0695. The third-order valence-corrected chi connectivity index (χ3v) is 4.55. The summed E-state index contributed by atoms with van der Waals surface area (Å²) in [4.78, 5) is 18.5. The standard InChI is InChI=1S/C22H28N2O/c1-5-19(14-20-8-7-12-24(4)13-11-20)16-23-17(2)21-9-6-10-22(15-21)18(3)25/h5-6,9-10,14-16H,1,7-8,11-13H2,2-4H3/b19-16+,20-14-,23-17?. The van der Waals surface area contributed by atoms with Crippen molar-refractivity contribution < 1.29 is 4.79 Å². The van der Waals surface area contributed by atoms with E-state index in [4.69, 9.17) is 0 Å². The van der Waals surface area contributed by atoms with Crippen LogP contribution in [0.5, 0.6) is 0 Å². The predicted octanol–water partition coefficient (Wildman–Crippen LogP) is 4.81. The Labute approximate surface area is 151 Å². The molecule has 0 radical (unpaired) electrons. The lowest BCUT2D eigenvalue weighted by atomic mass is 10.0. The highest BCUT2D eigenvalue weighted by Gasteiger charge is 2.08. The summed E-state index contributed by atoms with van der Waals surface area (Å²) in [5.41, 5.74) is 5.06. The molecule has 0 aromatic heterocycles. The summed E-state index contributed by atoms with van der Waals surface area (Å²) in [7, 11) is 2.18. The molecular formula is C22H28N2O. The van der Waals surface area contributed by atoms with E-state index in [1.54, 1.807) is 6.92 Å². The van der Waals surface area contributed by atoms with Crippen molar-refractivity contribution in [3.8, 4) is 0 Å². The molecule has 0 atom stereocenters. The molecule has 0 amide bonds. The largest absolute Gasteiger partial charge is 0.306 e. The fourth-order valence-corrected chi connectivity index (χ4v) is 2.89. The van der Waals surface area contributed by atoms with Crippen molar-refractivity contribution in [1.82, 2.24) is 4.90 Å². The number of ketones is 1. The van der Waals surface area contributed by atoms with Gasteiger partial charge >= 0.3 is 0 Å². The zero-order chi connectivity index (χ0) is 18.2. The van der Waals surface area contributed by atoms with Gasteiger partial charge in [0, 0.05) is 24.0 Å². The SMILES string of the molecule is C=CC(/C=C1/CCCN(C)CC1)=C\N=C(C)c1cccc(C(C)=O)c1. The van der Waals surface area contributed by atoms with Crippen LogP contribution in [0.3, 0.4) is 0 Å². The van der Waals surface area contributed by atoms with Crippen molar-refractivity contribution in [3.05, 3.63) is 71.5 Å². The average Bonchev–Trinajstić information content (AvgIpc) is 2.82. The second-order valence-electron chi connectivity index (χ2n) is 6.64. The lowest BCUT2D eigenvalue weighted by Gasteiger charge is -2.10. The number of aliphatic imine (C=N–C) groups is 1. The maximum absolute atomic E-state index is 11.5. The van der Waals surface area contributed by atoms with Crippen LogP contribution in [-0.4, -0.2) is 36.5 Å². The van der Waals surface area contributed by atoms with Crippen molar-refractivity contribution in [2.24, 2.45) is 4.99 Å². The number of Topliss-reactive ketones (excluding diaryl/α,β-unsaturated/α-hetero) is 1. The third kappa shape index (κ3) is 5.95. The van der Waals surface area contributed by atoms with Crippen molar-refractivity contribution in [3.63, 3.8) is 0 Å². The van der Waals surface area contributed by atoms with Crippen molar-refractivity contribution >= 4 is 11.5 Å². The van der Waals surface area contributed by atoms with Gasteiger partial charge in [0.25, 0.3) is 0 Å². The van der Waals surface area contributed by atoms with E-state index in [1.807, 2.05) is 43.5 Å². The number of hydrogen-bond acceptors (Lipinski definition) is 3. The summed E-state index contributed by atoms with van der Waals surface area (Å²) in [5, 5.41) is 0. The topological polar surface area (TPSA) is 32.7 Å². The minimum atomic E-state index is 0.0695. The van der Waals surface area contributed by atoms with Crippen molar-refractivity contribution in [2.45, 2.75) is 33.1 Å². The molecule has 1 aliphatic heterocycles. The van der Waals surface area contributed by atoms with Gasteiger partial charge in [-0.2, -0.15) is 0 Å². The van der Waals surface area contributed by atoms with Crippen LogP contribution in [0.2, 0.25) is 0 Å². The molecule has 1 heterocycles. The minimum Gasteiger partial charge on any atom is -0.306 e. The van der Waals surface area contributed by atoms with Gasteiger partial charge in [-0.1, -0.05) is 42.5 Å². The lowest BCUT2D eigenvalue weighted by Crippen LogP contribution is -2.18. The highest BCUT2D eigenvalue weighted by atomic mass is 16.1. The molecule has 132 valence electrons. The second-order valence-corrected chi connectivity index (χ2v) is 6.64. The Hall–Kier alpha value is -2.26. The Morgan fingerprint density at radius 3 is 2.68 bits per heavy atom. The van der Waals surface area contributed by atoms with E-state index in [0.717, 1.165) is 42.8 Å². The molecule has 1 saturated heterocycles. The van der Waals surface area contributed by atoms with Gasteiger partial charge in [0.2, 0.25) is 0 Å². The minimum absolute atomic E-state index is 0.0695. The first-order valence-electron chi connectivity index (χ1n) is 8.86. The van der Waals surface area contributed by atoms with Crippen LogP contribution in [0.1, 0.15) is 49.0 Å². The van der Waals surface area contributed by atoms with E-state index in [2.05, 4.69) is 29.6 Å². The normalized spacial score (nSPS) is 18.9. The molecule has 0 N–H and O–H groups in total. The molecule has 25 heavy (non-hydrogen) atoms. The van der Waals surface area contributed by atoms with Crippen LogP contribution in [0, 0.1) is 0 Å². The Morgan fingerprint density at radius 1 is 1.20 bits per heavy atom. The van der Waals surface area contributed by atoms with E-state index in [-0.39, 0.29) is 5.78 Å². The zero-order valence-electron chi connectivity index (χ0n) is 15.6. The first-order chi connectivity index (χ1) is 12.0. The molecule has 0 saturated carbocycles. The summed E-state index contributed by atoms with van der Waals surface area (Å²) in [6.45, 7) is 9.73. The predicted molar refractivity (Wildman–Crippen MR) is 106 cm³/mol. The fourth-order valence-electron chi connectivity index (χ4n) is 2.89. The number of rotatable bonds is 5. The molecule has 2 rings (SSSR count). The van der Waals surface area contributed by atoms with Crippen LogP contribution < -0.4 is 0 Å². The molecule has 3 nitrogen and oxygen atoms in total.